The van der Waals surface area contributed by atoms with Crippen LogP contribution in [-0.2, 0) is 14.9 Å². The average Bonchev–Trinajstić information content (AvgIpc) is 2.76. The number of hydrogen-bond acceptors (Lipinski definition) is 5. The van der Waals surface area contributed by atoms with Gasteiger partial charge in [0.15, 0.2) is 0 Å². The summed E-state index contributed by atoms with van der Waals surface area (Å²) in [7, 11) is -1.28. The van der Waals surface area contributed by atoms with Gasteiger partial charge in [-0.2, -0.15) is 0 Å². The van der Waals surface area contributed by atoms with E-state index < -0.39 is 10.0 Å². The molecular weight excluding hydrogens is 392 g/mol. The van der Waals surface area contributed by atoms with Crippen molar-refractivity contribution in [3.8, 4) is 5.75 Å². The third kappa shape index (κ3) is 4.73. The van der Waals surface area contributed by atoms with E-state index in [4.69, 9.17) is 9.57 Å². The summed E-state index contributed by atoms with van der Waals surface area (Å²) in [5.41, 5.74) is 0.237. The minimum Gasteiger partial charge on any atom is -0.491 e. The number of ether oxygens (including phenoxy) is 1. The van der Waals surface area contributed by atoms with Crippen molar-refractivity contribution in [1.29, 1.82) is 0 Å². The normalized spacial score (nSPS) is 11.6. The van der Waals surface area contributed by atoms with Gasteiger partial charge in [-0.3, -0.25) is 9.63 Å². The van der Waals surface area contributed by atoms with E-state index in [1.165, 1.54) is 32.4 Å². The SMILES string of the molecule is CON(C)S(=O)(=O)c1cccc(C(=O)NCCOc2cccc3ccccc23)c1. The van der Waals surface area contributed by atoms with Crippen molar-refractivity contribution in [1.82, 2.24) is 9.79 Å². The number of fused-ring (bicyclic) bond motifs is 1. The molecule has 0 unspecified atom stereocenters. The third-order valence-electron chi connectivity index (χ3n) is 4.38. The Morgan fingerprint density at radius 1 is 1.03 bits per heavy atom. The third-order valence-corrected chi connectivity index (χ3v) is 6.06. The van der Waals surface area contributed by atoms with Gasteiger partial charge in [-0.1, -0.05) is 46.9 Å². The van der Waals surface area contributed by atoms with E-state index in [0.717, 1.165) is 21.0 Å². The summed E-state index contributed by atoms with van der Waals surface area (Å²) >= 11 is 0. The second-order valence-electron chi connectivity index (χ2n) is 6.21. The Labute approximate surface area is 169 Å². The molecule has 0 fully saturated rings. The molecule has 0 radical (unpaired) electrons. The van der Waals surface area contributed by atoms with Crippen LogP contribution in [0.15, 0.2) is 71.6 Å². The molecule has 3 aromatic carbocycles. The molecule has 1 N–H and O–H groups in total. The highest BCUT2D eigenvalue weighted by atomic mass is 32.2. The lowest BCUT2D eigenvalue weighted by Crippen LogP contribution is -2.29. The van der Waals surface area contributed by atoms with Crippen LogP contribution in [0.25, 0.3) is 10.8 Å². The summed E-state index contributed by atoms with van der Waals surface area (Å²) in [6.45, 7) is 0.557. The quantitative estimate of drug-likeness (QED) is 0.453. The van der Waals surface area contributed by atoms with Gasteiger partial charge in [-0.25, -0.2) is 8.42 Å². The molecule has 29 heavy (non-hydrogen) atoms. The number of rotatable bonds is 8. The standard InChI is InChI=1S/C21H22N2O5S/c1-23(27-2)29(25,26)18-10-5-9-17(15-18)21(24)22-13-14-28-20-12-6-8-16-7-3-4-11-19(16)20/h3-12,15H,13-14H2,1-2H3,(H,22,24). The van der Waals surface area contributed by atoms with Gasteiger partial charge in [0.2, 0.25) is 0 Å². The van der Waals surface area contributed by atoms with E-state index in [-0.39, 0.29) is 29.5 Å². The summed E-state index contributed by atoms with van der Waals surface area (Å²) in [5.74, 6) is 0.358. The molecule has 1 amide bonds. The first-order valence-electron chi connectivity index (χ1n) is 8.95. The molecular formula is C21H22N2O5S. The smallest absolute Gasteiger partial charge is 0.264 e. The molecule has 0 spiro atoms. The number of nitrogens with zero attached hydrogens (tertiary/aromatic N) is 1. The lowest BCUT2D eigenvalue weighted by Gasteiger charge is -2.14. The number of hydroxylamine groups is 1. The highest BCUT2D eigenvalue weighted by Crippen LogP contribution is 2.24. The Bertz CT molecular complexity index is 1110. The number of benzene rings is 3. The van der Waals surface area contributed by atoms with Crippen LogP contribution in [-0.4, -0.2) is 46.1 Å². The fourth-order valence-electron chi connectivity index (χ4n) is 2.79. The summed E-state index contributed by atoms with van der Waals surface area (Å²) in [6, 6.07) is 19.5. The lowest BCUT2D eigenvalue weighted by atomic mass is 10.1. The summed E-state index contributed by atoms with van der Waals surface area (Å²) in [5, 5.41) is 4.81. The molecule has 0 aliphatic carbocycles. The monoisotopic (exact) mass is 414 g/mol. The molecule has 0 saturated carbocycles. The largest absolute Gasteiger partial charge is 0.491 e. The van der Waals surface area contributed by atoms with Crippen molar-refractivity contribution in [2.45, 2.75) is 4.90 Å². The molecule has 0 heterocycles. The van der Waals surface area contributed by atoms with Crippen LogP contribution in [0.1, 0.15) is 10.4 Å². The molecule has 3 aromatic rings. The topological polar surface area (TPSA) is 84.9 Å². The number of carbonyl (C=O) groups is 1. The number of nitrogens with one attached hydrogen (secondary N) is 1. The second-order valence-corrected chi connectivity index (χ2v) is 8.14. The van der Waals surface area contributed by atoms with Crippen molar-refractivity contribution in [3.05, 3.63) is 72.3 Å². The van der Waals surface area contributed by atoms with Crippen LogP contribution in [0, 0.1) is 0 Å². The Morgan fingerprint density at radius 3 is 2.55 bits per heavy atom. The molecule has 0 aliphatic rings. The van der Waals surface area contributed by atoms with E-state index in [9.17, 15) is 13.2 Å². The van der Waals surface area contributed by atoms with Gasteiger partial charge >= 0.3 is 0 Å². The van der Waals surface area contributed by atoms with Crippen molar-refractivity contribution < 1.29 is 22.8 Å². The predicted molar refractivity (Wildman–Crippen MR) is 110 cm³/mol. The molecule has 0 atom stereocenters. The zero-order valence-electron chi connectivity index (χ0n) is 16.2. The highest BCUT2D eigenvalue weighted by Gasteiger charge is 2.21. The Hall–Kier alpha value is -2.94. The van der Waals surface area contributed by atoms with Gasteiger partial charge < -0.3 is 10.1 Å². The van der Waals surface area contributed by atoms with E-state index in [2.05, 4.69) is 5.32 Å². The van der Waals surface area contributed by atoms with E-state index in [0.29, 0.717) is 0 Å². The van der Waals surface area contributed by atoms with Crippen LogP contribution in [0.4, 0.5) is 0 Å². The van der Waals surface area contributed by atoms with E-state index >= 15 is 0 Å². The van der Waals surface area contributed by atoms with Gasteiger partial charge in [0.05, 0.1) is 18.6 Å². The maximum absolute atomic E-state index is 12.4. The Morgan fingerprint density at radius 2 is 1.76 bits per heavy atom. The maximum Gasteiger partial charge on any atom is 0.264 e. The molecule has 0 bridgehead atoms. The molecule has 152 valence electrons. The number of hydrogen-bond donors (Lipinski definition) is 1. The summed E-state index contributed by atoms with van der Waals surface area (Å²) in [6.07, 6.45) is 0. The minimum absolute atomic E-state index is 0.0264. The van der Waals surface area contributed by atoms with Crippen LogP contribution in [0.2, 0.25) is 0 Å². The molecule has 3 rings (SSSR count). The predicted octanol–water partition coefficient (Wildman–Crippen LogP) is 2.83. The van der Waals surface area contributed by atoms with Crippen LogP contribution in [0.5, 0.6) is 5.75 Å². The van der Waals surface area contributed by atoms with Crippen molar-refractivity contribution in [2.24, 2.45) is 0 Å². The fourth-order valence-corrected chi connectivity index (χ4v) is 3.81. The first-order valence-corrected chi connectivity index (χ1v) is 10.4. The molecule has 0 aliphatic heterocycles. The van der Waals surface area contributed by atoms with Crippen molar-refractivity contribution in [2.75, 3.05) is 27.3 Å². The van der Waals surface area contributed by atoms with Crippen LogP contribution >= 0.6 is 0 Å². The first-order chi connectivity index (χ1) is 13.9. The van der Waals surface area contributed by atoms with E-state index in [1.54, 1.807) is 6.07 Å². The zero-order chi connectivity index (χ0) is 20.9. The number of sulfonamides is 1. The van der Waals surface area contributed by atoms with Gasteiger partial charge in [0.25, 0.3) is 15.9 Å². The summed E-state index contributed by atoms with van der Waals surface area (Å²) in [4.78, 5) is 17.1. The van der Waals surface area contributed by atoms with Gasteiger partial charge in [0.1, 0.15) is 12.4 Å². The highest BCUT2D eigenvalue weighted by molar-refractivity contribution is 7.89. The average molecular weight is 414 g/mol. The Balaban J connectivity index is 1.61. The first kappa shape index (κ1) is 20.8. The number of amides is 1. The molecule has 0 aromatic heterocycles. The molecule has 8 heteroatoms. The second kappa shape index (κ2) is 9.04. The van der Waals surface area contributed by atoms with Gasteiger partial charge in [-0.15, -0.1) is 0 Å². The minimum atomic E-state index is -3.82. The van der Waals surface area contributed by atoms with Crippen molar-refractivity contribution in [3.63, 3.8) is 0 Å². The maximum atomic E-state index is 12.4. The fraction of sp³-hybridized carbons (Fsp3) is 0.190. The number of carbonyl (C=O) groups excluding carboxylic acids is 1. The zero-order valence-corrected chi connectivity index (χ0v) is 17.0. The lowest BCUT2D eigenvalue weighted by molar-refractivity contribution is -0.0258. The van der Waals surface area contributed by atoms with Gasteiger partial charge in [0, 0.05) is 18.0 Å². The van der Waals surface area contributed by atoms with Crippen LogP contribution < -0.4 is 10.1 Å². The Kier molecular flexibility index (Phi) is 6.48. The van der Waals surface area contributed by atoms with Crippen molar-refractivity contribution >= 4 is 26.7 Å². The summed E-state index contributed by atoms with van der Waals surface area (Å²) < 4.78 is 31.2. The van der Waals surface area contributed by atoms with E-state index in [1.807, 2.05) is 42.5 Å². The molecule has 0 saturated heterocycles. The van der Waals surface area contributed by atoms with Crippen LogP contribution in [0.3, 0.4) is 0 Å². The molecule has 7 nitrogen and oxygen atoms in total. The van der Waals surface area contributed by atoms with Gasteiger partial charge in [-0.05, 0) is 29.7 Å².